The molecule has 2 aliphatic carbocycles. The highest BCUT2D eigenvalue weighted by Gasteiger charge is 2.39. The number of rotatable bonds is 8. The first-order valence-corrected chi connectivity index (χ1v) is 15.5. The van der Waals surface area contributed by atoms with Crippen molar-refractivity contribution in [2.75, 3.05) is 20.2 Å². The van der Waals surface area contributed by atoms with Crippen molar-refractivity contribution in [3.63, 3.8) is 0 Å². The van der Waals surface area contributed by atoms with Crippen LogP contribution < -0.4 is 10.5 Å². The lowest BCUT2D eigenvalue weighted by atomic mass is 9.62. The number of benzene rings is 1. The lowest BCUT2D eigenvalue weighted by molar-refractivity contribution is 0.0597. The Labute approximate surface area is 246 Å². The number of fused-ring (bicyclic) bond motifs is 2. The minimum atomic E-state index is -1.12. The molecule has 3 fully saturated rings. The van der Waals surface area contributed by atoms with Gasteiger partial charge in [-0.25, -0.2) is 14.4 Å². The topological polar surface area (TPSA) is 91.2 Å². The van der Waals surface area contributed by atoms with E-state index in [9.17, 15) is 9.18 Å². The number of alkyl halides is 1. The van der Waals surface area contributed by atoms with E-state index in [1.807, 2.05) is 18.3 Å². The van der Waals surface area contributed by atoms with Crippen molar-refractivity contribution in [2.45, 2.75) is 77.7 Å². The van der Waals surface area contributed by atoms with Gasteiger partial charge < -0.3 is 24.5 Å². The number of aromatic nitrogens is 4. The molecule has 0 spiro atoms. The lowest BCUT2D eigenvalue weighted by Gasteiger charge is -2.45. The maximum atomic E-state index is 14.3. The molecule has 0 radical (unpaired) electrons. The minimum Gasteiger partial charge on any atom is -0.494 e. The van der Waals surface area contributed by atoms with Gasteiger partial charge in [0.1, 0.15) is 23.1 Å². The summed E-state index contributed by atoms with van der Waals surface area (Å²) in [5.41, 5.74) is 10.5. The van der Waals surface area contributed by atoms with Crippen LogP contribution in [-0.4, -0.2) is 62.3 Å². The van der Waals surface area contributed by atoms with Crippen LogP contribution in [0.25, 0.3) is 33.6 Å². The second kappa shape index (κ2) is 10.4. The van der Waals surface area contributed by atoms with E-state index < -0.39 is 6.17 Å². The zero-order valence-corrected chi connectivity index (χ0v) is 24.9. The van der Waals surface area contributed by atoms with Crippen LogP contribution >= 0.6 is 0 Å². The third-order valence-electron chi connectivity index (χ3n) is 9.87. The highest BCUT2D eigenvalue weighted by atomic mass is 19.1. The molecule has 7 rings (SSSR count). The molecule has 2 saturated carbocycles. The number of methoxy groups -OCH3 is 1. The highest BCUT2D eigenvalue weighted by molar-refractivity contribution is 6.00. The summed E-state index contributed by atoms with van der Waals surface area (Å²) in [5.74, 6) is 2.43. The molecule has 0 bridgehead atoms. The van der Waals surface area contributed by atoms with Crippen molar-refractivity contribution in [3.8, 4) is 17.3 Å². The molecule has 1 aliphatic heterocycles. The Kier molecular flexibility index (Phi) is 6.76. The first kappa shape index (κ1) is 27.4. The van der Waals surface area contributed by atoms with E-state index in [1.54, 1.807) is 13.2 Å². The summed E-state index contributed by atoms with van der Waals surface area (Å²) in [7, 11) is 1.64. The van der Waals surface area contributed by atoms with Crippen molar-refractivity contribution in [1.29, 1.82) is 0 Å². The number of piperidine rings is 1. The van der Waals surface area contributed by atoms with Gasteiger partial charge in [0.2, 0.25) is 0 Å². The quantitative estimate of drug-likeness (QED) is 0.288. The summed E-state index contributed by atoms with van der Waals surface area (Å²) < 4.78 is 24.9. The first-order chi connectivity index (χ1) is 20.2. The number of carbonyl (C=O) groups is 1. The minimum absolute atomic E-state index is 0.0543. The van der Waals surface area contributed by atoms with Crippen LogP contribution in [0, 0.1) is 17.3 Å². The van der Waals surface area contributed by atoms with Crippen LogP contribution in [0.3, 0.4) is 0 Å². The molecule has 2 N–H and O–H groups in total. The fourth-order valence-electron chi connectivity index (χ4n) is 7.33. The fourth-order valence-corrected chi connectivity index (χ4v) is 7.33. The predicted molar refractivity (Wildman–Crippen MR) is 162 cm³/mol. The van der Waals surface area contributed by atoms with Gasteiger partial charge in [0.15, 0.2) is 5.82 Å². The molecule has 1 saturated heterocycles. The van der Waals surface area contributed by atoms with E-state index in [4.69, 9.17) is 20.4 Å². The summed E-state index contributed by atoms with van der Waals surface area (Å²) in [6.45, 7) is 6.79. The van der Waals surface area contributed by atoms with Gasteiger partial charge in [0.25, 0.3) is 5.91 Å². The largest absolute Gasteiger partial charge is 0.494 e. The van der Waals surface area contributed by atoms with Crippen molar-refractivity contribution in [1.82, 2.24) is 24.0 Å². The number of pyridine rings is 1. The van der Waals surface area contributed by atoms with Crippen LogP contribution in [0.4, 0.5) is 4.39 Å². The molecule has 1 aromatic carbocycles. The van der Waals surface area contributed by atoms with Crippen LogP contribution in [0.15, 0.2) is 36.5 Å². The lowest BCUT2D eigenvalue weighted by Crippen LogP contribution is -2.50. The number of nitrogens with two attached hydrogens (primary N) is 1. The van der Waals surface area contributed by atoms with Gasteiger partial charge in [-0.2, -0.15) is 0 Å². The molecule has 8 nitrogen and oxygen atoms in total. The Morgan fingerprint density at radius 3 is 2.64 bits per heavy atom. The van der Waals surface area contributed by atoms with Gasteiger partial charge in [-0.05, 0) is 79.7 Å². The van der Waals surface area contributed by atoms with Gasteiger partial charge >= 0.3 is 0 Å². The zero-order chi connectivity index (χ0) is 29.2. The number of hydrogen-bond acceptors (Lipinski definition) is 5. The molecule has 9 heteroatoms. The maximum absolute atomic E-state index is 14.3. The summed E-state index contributed by atoms with van der Waals surface area (Å²) in [6, 6.07) is 9.56. The van der Waals surface area contributed by atoms with Gasteiger partial charge in [0, 0.05) is 42.8 Å². The van der Waals surface area contributed by atoms with Crippen molar-refractivity contribution in [3.05, 3.63) is 42.1 Å². The number of carbonyl (C=O) groups excluding carboxylic acids is 1. The molecule has 4 aromatic rings. The zero-order valence-electron chi connectivity index (χ0n) is 24.9. The standard InChI is InChI=1S/C33H41FN6O2/c1-4-33(2)14-21(15-33)17-40-29-26(10-23(12-28(29)42-3)32(41)38-18-24(34)13-25(35)19-38)37-31(40)27-11-22-6-5-9-36-30(22)39(27)16-20-7-8-20/h5-6,9-12,20-21,24-25H,4,7-8,13-19,35H2,1-3H3/t21-,24-,25-,33+/m1/s1. The number of halogens is 1. The molecule has 1 amide bonds. The normalized spacial score (nSPS) is 26.1. The number of imidazole rings is 1. The third kappa shape index (κ3) is 4.85. The van der Waals surface area contributed by atoms with E-state index in [1.165, 1.54) is 37.0 Å². The summed E-state index contributed by atoms with van der Waals surface area (Å²) >= 11 is 0. The van der Waals surface area contributed by atoms with E-state index in [2.05, 4.69) is 35.1 Å². The van der Waals surface area contributed by atoms with Gasteiger partial charge in [-0.1, -0.05) is 20.3 Å². The molecule has 0 unspecified atom stereocenters. The maximum Gasteiger partial charge on any atom is 0.254 e. The molecule has 3 aliphatic rings. The van der Waals surface area contributed by atoms with E-state index in [0.29, 0.717) is 40.6 Å². The molecule has 2 atom stereocenters. The van der Waals surface area contributed by atoms with Gasteiger partial charge in [0.05, 0.1) is 24.9 Å². The number of nitrogens with zero attached hydrogens (tertiary/aromatic N) is 5. The second-order valence-electron chi connectivity index (χ2n) is 13.3. The van der Waals surface area contributed by atoms with Crippen LogP contribution in [0.5, 0.6) is 5.75 Å². The van der Waals surface area contributed by atoms with Gasteiger partial charge in [-0.15, -0.1) is 0 Å². The van der Waals surface area contributed by atoms with Crippen LogP contribution in [-0.2, 0) is 13.1 Å². The average Bonchev–Trinajstić information content (AvgIpc) is 3.61. The third-order valence-corrected chi connectivity index (χ3v) is 9.87. The van der Waals surface area contributed by atoms with Gasteiger partial charge in [-0.3, -0.25) is 4.79 Å². The first-order valence-electron chi connectivity index (χ1n) is 15.5. The van der Waals surface area contributed by atoms with E-state index in [-0.39, 0.29) is 24.9 Å². The van der Waals surface area contributed by atoms with Crippen LogP contribution in [0.2, 0.25) is 0 Å². The molecule has 222 valence electrons. The molecule has 42 heavy (non-hydrogen) atoms. The summed E-state index contributed by atoms with van der Waals surface area (Å²) in [5, 5.41) is 1.10. The van der Waals surface area contributed by atoms with Crippen molar-refractivity contribution < 1.29 is 13.9 Å². The van der Waals surface area contributed by atoms with Crippen LogP contribution in [0.1, 0.15) is 62.7 Å². The van der Waals surface area contributed by atoms with Crippen molar-refractivity contribution >= 4 is 28.0 Å². The Morgan fingerprint density at radius 1 is 1.14 bits per heavy atom. The average molecular weight is 573 g/mol. The Bertz CT molecular complexity index is 1640. The second-order valence-corrected chi connectivity index (χ2v) is 13.3. The number of ether oxygens (including phenoxy) is 1. The fraction of sp³-hybridized carbons (Fsp3) is 0.545. The molecule has 3 aromatic heterocycles. The summed E-state index contributed by atoms with van der Waals surface area (Å²) in [6.07, 6.45) is 7.01. The highest BCUT2D eigenvalue weighted by Crippen LogP contribution is 2.49. The Morgan fingerprint density at radius 2 is 1.93 bits per heavy atom. The monoisotopic (exact) mass is 572 g/mol. The number of hydrogen-bond donors (Lipinski definition) is 1. The summed E-state index contributed by atoms with van der Waals surface area (Å²) in [4.78, 5) is 25.1. The van der Waals surface area contributed by atoms with E-state index in [0.717, 1.165) is 41.2 Å². The predicted octanol–water partition coefficient (Wildman–Crippen LogP) is 5.81. The number of amides is 1. The Hall–Kier alpha value is -3.46. The SMILES string of the molecule is CC[C@]1(C)C[C@H](Cn2c(-c3cc4cccnc4n3CC3CC3)nc3cc(C(=O)N4C[C@H](N)C[C@@H](F)C4)cc(OC)c32)C1. The Balaban J connectivity index is 1.37. The smallest absolute Gasteiger partial charge is 0.254 e. The number of likely N-dealkylation sites (tertiary alicyclic amines) is 1. The van der Waals surface area contributed by atoms with Crippen molar-refractivity contribution in [2.24, 2.45) is 23.0 Å². The molecule has 4 heterocycles. The molecular weight excluding hydrogens is 531 g/mol. The molecular formula is C33H41FN6O2. The van der Waals surface area contributed by atoms with E-state index >= 15 is 0 Å².